The van der Waals surface area contributed by atoms with E-state index in [2.05, 4.69) is 15.0 Å². The number of benzene rings is 2. The van der Waals surface area contributed by atoms with Crippen LogP contribution in [0.2, 0.25) is 0 Å². The summed E-state index contributed by atoms with van der Waals surface area (Å²) in [4.78, 5) is 47.7. The van der Waals surface area contributed by atoms with Crippen molar-refractivity contribution in [3.05, 3.63) is 86.5 Å². The standard InChI is InChI=1S/C22H18N6O4/c1-11-5-6-15-14(7-11)17(28-20(29)16-19(25-10-24-16)26-22(28)32)18(21(30)31)27(15)9-12-3-2-4-13(23)8-12/h2-8,10H,9,23H2,1H3,(H,24,25)(H,26,32)(H,30,31). The highest BCUT2D eigenvalue weighted by atomic mass is 16.4. The molecule has 32 heavy (non-hydrogen) atoms. The Hall–Kier alpha value is -4.60. The molecule has 0 bridgehead atoms. The van der Waals surface area contributed by atoms with Crippen molar-refractivity contribution in [1.29, 1.82) is 0 Å². The van der Waals surface area contributed by atoms with Crippen LogP contribution >= 0.6 is 0 Å². The summed E-state index contributed by atoms with van der Waals surface area (Å²) in [6.45, 7) is 2.04. The molecule has 0 spiro atoms. The van der Waals surface area contributed by atoms with E-state index in [0.29, 0.717) is 16.6 Å². The van der Waals surface area contributed by atoms with Crippen LogP contribution in [-0.4, -0.2) is 35.2 Å². The Kier molecular flexibility index (Phi) is 4.22. The van der Waals surface area contributed by atoms with Gasteiger partial charge in [-0.1, -0.05) is 23.8 Å². The summed E-state index contributed by atoms with van der Waals surface area (Å²) in [5.41, 5.74) is 7.18. The molecule has 0 saturated heterocycles. The van der Waals surface area contributed by atoms with Crippen molar-refractivity contribution in [3.63, 3.8) is 0 Å². The summed E-state index contributed by atoms with van der Waals surface area (Å²) < 4.78 is 2.42. The van der Waals surface area contributed by atoms with Gasteiger partial charge in [-0.3, -0.25) is 9.78 Å². The molecule has 5 rings (SSSR count). The number of carboxylic acid groups (broad SMARTS) is 1. The number of nitrogens with one attached hydrogen (secondary N) is 2. The van der Waals surface area contributed by atoms with Crippen LogP contribution in [0, 0.1) is 6.92 Å². The van der Waals surface area contributed by atoms with E-state index in [9.17, 15) is 19.5 Å². The molecular weight excluding hydrogens is 412 g/mol. The van der Waals surface area contributed by atoms with Gasteiger partial charge in [0.2, 0.25) is 0 Å². The molecule has 0 aliphatic rings. The zero-order chi connectivity index (χ0) is 22.6. The van der Waals surface area contributed by atoms with E-state index in [4.69, 9.17) is 5.73 Å². The number of hydrogen-bond donors (Lipinski definition) is 4. The van der Waals surface area contributed by atoms with Crippen LogP contribution in [0.1, 0.15) is 21.6 Å². The molecule has 5 N–H and O–H groups in total. The topological polar surface area (TPSA) is 152 Å². The second-order valence-electron chi connectivity index (χ2n) is 7.55. The van der Waals surface area contributed by atoms with E-state index >= 15 is 0 Å². The molecule has 3 aromatic heterocycles. The highest BCUT2D eigenvalue weighted by molar-refractivity contribution is 6.03. The Balaban J connectivity index is 1.91. The molecule has 0 unspecified atom stereocenters. The Bertz CT molecular complexity index is 1650. The van der Waals surface area contributed by atoms with Crippen molar-refractivity contribution < 1.29 is 9.90 Å². The van der Waals surface area contributed by atoms with E-state index in [-0.39, 0.29) is 29.1 Å². The maximum Gasteiger partial charge on any atom is 0.354 e. The summed E-state index contributed by atoms with van der Waals surface area (Å²) >= 11 is 0. The fourth-order valence-electron chi connectivity index (χ4n) is 4.05. The minimum Gasteiger partial charge on any atom is -0.477 e. The quantitative estimate of drug-likeness (QED) is 0.320. The van der Waals surface area contributed by atoms with Gasteiger partial charge in [0, 0.05) is 17.6 Å². The number of rotatable bonds is 4. The van der Waals surface area contributed by atoms with Crippen molar-refractivity contribution in [2.75, 3.05) is 5.73 Å². The van der Waals surface area contributed by atoms with Gasteiger partial charge in [-0.05, 0) is 36.8 Å². The first-order chi connectivity index (χ1) is 15.3. The van der Waals surface area contributed by atoms with Gasteiger partial charge in [-0.25, -0.2) is 19.1 Å². The third kappa shape index (κ3) is 2.88. The number of H-pyrrole nitrogens is 2. The summed E-state index contributed by atoms with van der Waals surface area (Å²) in [5, 5.41) is 10.6. The van der Waals surface area contributed by atoms with E-state index in [1.54, 1.807) is 34.9 Å². The van der Waals surface area contributed by atoms with E-state index < -0.39 is 17.2 Å². The number of hydrogen-bond acceptors (Lipinski definition) is 5. The predicted octanol–water partition coefficient (Wildman–Crippen LogP) is 1.99. The van der Waals surface area contributed by atoms with Crippen molar-refractivity contribution in [3.8, 4) is 5.69 Å². The molecule has 10 nitrogen and oxygen atoms in total. The van der Waals surface area contributed by atoms with Crippen molar-refractivity contribution in [2.45, 2.75) is 13.5 Å². The third-order valence-electron chi connectivity index (χ3n) is 5.39. The number of nitrogens with zero attached hydrogens (tertiary/aromatic N) is 3. The molecule has 3 heterocycles. The Morgan fingerprint density at radius 3 is 2.75 bits per heavy atom. The molecule has 0 atom stereocenters. The lowest BCUT2D eigenvalue weighted by atomic mass is 10.1. The summed E-state index contributed by atoms with van der Waals surface area (Å²) in [7, 11) is 0. The number of nitrogens with two attached hydrogens (primary N) is 1. The largest absolute Gasteiger partial charge is 0.477 e. The lowest BCUT2D eigenvalue weighted by Gasteiger charge is -2.10. The molecule has 0 aliphatic carbocycles. The predicted molar refractivity (Wildman–Crippen MR) is 119 cm³/mol. The molecule has 0 amide bonds. The summed E-state index contributed by atoms with van der Waals surface area (Å²) in [6.07, 6.45) is 1.29. The van der Waals surface area contributed by atoms with Gasteiger partial charge in [0.1, 0.15) is 5.52 Å². The van der Waals surface area contributed by atoms with Gasteiger partial charge < -0.3 is 20.4 Å². The molecule has 160 valence electrons. The normalized spacial score (nSPS) is 11.4. The fraction of sp³-hybridized carbons (Fsp3) is 0.0909. The summed E-state index contributed by atoms with van der Waals surface area (Å²) in [6, 6.07) is 12.5. The molecule has 10 heteroatoms. The Morgan fingerprint density at radius 1 is 1.19 bits per heavy atom. The van der Waals surface area contributed by atoms with Crippen LogP contribution < -0.4 is 17.0 Å². The number of imidazole rings is 1. The van der Waals surface area contributed by atoms with Crippen molar-refractivity contribution in [1.82, 2.24) is 24.1 Å². The van der Waals surface area contributed by atoms with Gasteiger partial charge in [-0.15, -0.1) is 0 Å². The zero-order valence-electron chi connectivity index (χ0n) is 16.9. The van der Waals surface area contributed by atoms with Crippen LogP contribution in [0.15, 0.2) is 58.4 Å². The zero-order valence-corrected chi connectivity index (χ0v) is 16.9. The van der Waals surface area contributed by atoms with Crippen molar-refractivity contribution in [2.24, 2.45) is 0 Å². The first-order valence-electron chi connectivity index (χ1n) is 9.74. The number of carbonyl (C=O) groups is 1. The minimum absolute atomic E-state index is 0.00264. The molecule has 0 radical (unpaired) electrons. The number of anilines is 1. The number of aromatic carboxylic acids is 1. The molecule has 0 aliphatic heterocycles. The average molecular weight is 430 g/mol. The number of aromatic nitrogens is 5. The molecule has 5 aromatic rings. The van der Waals surface area contributed by atoms with Gasteiger partial charge in [0.05, 0.1) is 17.5 Å². The monoisotopic (exact) mass is 430 g/mol. The second-order valence-corrected chi connectivity index (χ2v) is 7.55. The SMILES string of the molecule is Cc1ccc2c(c1)c(-n1c(=O)[nH]c3nc[nH]c3c1=O)c(C(=O)O)n2Cc1cccc(N)c1. The number of aryl methyl sites for hydroxylation is 1. The molecule has 2 aromatic carbocycles. The maximum absolute atomic E-state index is 13.2. The van der Waals surface area contributed by atoms with Crippen molar-refractivity contribution >= 4 is 33.7 Å². The molecular formula is C22H18N6O4. The Morgan fingerprint density at radius 2 is 2.00 bits per heavy atom. The lowest BCUT2D eigenvalue weighted by molar-refractivity contribution is 0.0686. The Labute approximate surface area is 179 Å². The highest BCUT2D eigenvalue weighted by Gasteiger charge is 2.27. The van der Waals surface area contributed by atoms with Crippen LogP contribution in [-0.2, 0) is 6.54 Å². The van der Waals surface area contributed by atoms with E-state index in [0.717, 1.165) is 15.7 Å². The average Bonchev–Trinajstić information content (AvgIpc) is 3.31. The smallest absolute Gasteiger partial charge is 0.354 e. The van der Waals surface area contributed by atoms with Crippen LogP contribution in [0.4, 0.5) is 5.69 Å². The van der Waals surface area contributed by atoms with Gasteiger partial charge >= 0.3 is 11.7 Å². The van der Waals surface area contributed by atoms with Crippen LogP contribution in [0.25, 0.3) is 27.8 Å². The first-order valence-corrected chi connectivity index (χ1v) is 9.74. The van der Waals surface area contributed by atoms with Gasteiger partial charge in [-0.2, -0.15) is 0 Å². The van der Waals surface area contributed by atoms with E-state index in [1.165, 1.54) is 6.33 Å². The first kappa shape index (κ1) is 19.4. The summed E-state index contributed by atoms with van der Waals surface area (Å²) in [5.74, 6) is -1.27. The minimum atomic E-state index is -1.27. The van der Waals surface area contributed by atoms with Crippen LogP contribution in [0.5, 0.6) is 0 Å². The number of carboxylic acids is 1. The second kappa shape index (κ2) is 6.98. The van der Waals surface area contributed by atoms with Gasteiger partial charge in [0.15, 0.2) is 11.3 Å². The number of aromatic amines is 2. The third-order valence-corrected chi connectivity index (χ3v) is 5.39. The number of fused-ring (bicyclic) bond motifs is 2. The van der Waals surface area contributed by atoms with Gasteiger partial charge in [0.25, 0.3) is 5.56 Å². The lowest BCUT2D eigenvalue weighted by Crippen LogP contribution is -2.34. The highest BCUT2D eigenvalue weighted by Crippen LogP contribution is 2.30. The van der Waals surface area contributed by atoms with E-state index in [1.807, 2.05) is 19.1 Å². The fourth-order valence-corrected chi connectivity index (χ4v) is 4.05. The molecule has 0 fully saturated rings. The number of nitrogen functional groups attached to an aromatic ring is 1. The maximum atomic E-state index is 13.2. The van der Waals surface area contributed by atoms with Crippen LogP contribution in [0.3, 0.4) is 0 Å². The molecule has 0 saturated carbocycles.